The molecular weight excluding hydrogens is 236 g/mol. The van der Waals surface area contributed by atoms with Crippen LogP contribution >= 0.6 is 0 Å². The minimum atomic E-state index is -0.455. The zero-order valence-corrected chi connectivity index (χ0v) is 11.3. The van der Waals surface area contributed by atoms with Gasteiger partial charge in [0.05, 0.1) is 6.54 Å². The van der Waals surface area contributed by atoms with Crippen LogP contribution in [0.15, 0.2) is 12.2 Å². The Morgan fingerprint density at radius 1 is 1.28 bits per heavy atom. The lowest BCUT2D eigenvalue weighted by Crippen LogP contribution is -2.33. The van der Waals surface area contributed by atoms with E-state index in [0.29, 0.717) is 25.3 Å². The molecule has 0 bridgehead atoms. The van der Waals surface area contributed by atoms with Gasteiger partial charge in [-0.2, -0.15) is 0 Å². The minimum Gasteiger partial charge on any atom is -0.460 e. The summed E-state index contributed by atoms with van der Waals surface area (Å²) in [5.41, 5.74) is 0.339. The fourth-order valence-corrected chi connectivity index (χ4v) is 0.987. The maximum absolute atomic E-state index is 11.4. The molecule has 0 unspecified atom stereocenters. The van der Waals surface area contributed by atoms with Gasteiger partial charge in [0.1, 0.15) is 13.2 Å². The molecule has 0 saturated carbocycles. The Morgan fingerprint density at radius 2 is 1.94 bits per heavy atom. The molecule has 0 aromatic carbocycles. The van der Waals surface area contributed by atoms with Gasteiger partial charge < -0.3 is 19.7 Å². The van der Waals surface area contributed by atoms with Gasteiger partial charge in [0.25, 0.3) is 0 Å². The first kappa shape index (κ1) is 16.4. The first-order valence-electron chi connectivity index (χ1n) is 5.90. The highest BCUT2D eigenvalue weighted by molar-refractivity contribution is 5.86. The highest BCUT2D eigenvalue weighted by Crippen LogP contribution is 1.94. The number of likely N-dealkylation sites (N-methyl/N-ethyl adjacent to an activating group) is 2. The van der Waals surface area contributed by atoms with E-state index in [2.05, 4.69) is 11.9 Å². The van der Waals surface area contributed by atoms with Crippen LogP contribution < -0.4 is 5.32 Å². The molecule has 0 aromatic heterocycles. The quantitative estimate of drug-likeness (QED) is 0.396. The summed E-state index contributed by atoms with van der Waals surface area (Å²) in [5, 5.41) is 3.04. The Labute approximate surface area is 108 Å². The zero-order valence-electron chi connectivity index (χ0n) is 11.3. The number of hydrogen-bond acceptors (Lipinski definition) is 5. The molecule has 0 heterocycles. The van der Waals surface area contributed by atoms with Crippen LogP contribution in [0.3, 0.4) is 0 Å². The standard InChI is InChI=1S/C12H22N2O4/c1-5-13-6-8-18-12(16)14(4)7-9-17-11(15)10(2)3/h13H,2,5-9H2,1,3-4H3. The molecule has 0 aliphatic carbocycles. The van der Waals surface area contributed by atoms with E-state index in [0.717, 1.165) is 6.54 Å². The maximum Gasteiger partial charge on any atom is 0.409 e. The third-order valence-corrected chi connectivity index (χ3v) is 2.07. The molecule has 0 fully saturated rings. The summed E-state index contributed by atoms with van der Waals surface area (Å²) < 4.78 is 9.84. The Kier molecular flexibility index (Phi) is 8.65. The number of carbonyl (C=O) groups is 2. The van der Waals surface area contributed by atoms with Crippen molar-refractivity contribution in [2.45, 2.75) is 13.8 Å². The maximum atomic E-state index is 11.4. The number of esters is 1. The number of amides is 1. The molecule has 18 heavy (non-hydrogen) atoms. The summed E-state index contributed by atoms with van der Waals surface area (Å²) in [6.07, 6.45) is -0.431. The molecule has 104 valence electrons. The monoisotopic (exact) mass is 258 g/mol. The normalized spacial score (nSPS) is 9.72. The van der Waals surface area contributed by atoms with Gasteiger partial charge in [-0.25, -0.2) is 9.59 Å². The molecule has 0 aliphatic heterocycles. The van der Waals surface area contributed by atoms with Gasteiger partial charge in [-0.15, -0.1) is 0 Å². The average molecular weight is 258 g/mol. The third kappa shape index (κ3) is 7.67. The number of rotatable bonds is 8. The van der Waals surface area contributed by atoms with E-state index in [4.69, 9.17) is 9.47 Å². The molecule has 6 heteroatoms. The summed E-state index contributed by atoms with van der Waals surface area (Å²) in [7, 11) is 1.59. The smallest absolute Gasteiger partial charge is 0.409 e. The zero-order chi connectivity index (χ0) is 14.0. The van der Waals surface area contributed by atoms with Crippen molar-refractivity contribution in [2.75, 3.05) is 39.9 Å². The summed E-state index contributed by atoms with van der Waals surface area (Å²) >= 11 is 0. The Hall–Kier alpha value is -1.56. The fourth-order valence-electron chi connectivity index (χ4n) is 0.987. The lowest BCUT2D eigenvalue weighted by molar-refractivity contribution is -0.139. The largest absolute Gasteiger partial charge is 0.460 e. The van der Waals surface area contributed by atoms with Crippen LogP contribution in [0.4, 0.5) is 4.79 Å². The average Bonchev–Trinajstić information content (AvgIpc) is 2.33. The summed E-state index contributed by atoms with van der Waals surface area (Å²) in [4.78, 5) is 23.9. The van der Waals surface area contributed by atoms with Gasteiger partial charge in [0.15, 0.2) is 0 Å². The van der Waals surface area contributed by atoms with E-state index in [1.165, 1.54) is 4.90 Å². The number of nitrogens with zero attached hydrogens (tertiary/aromatic N) is 1. The van der Waals surface area contributed by atoms with Gasteiger partial charge in [-0.1, -0.05) is 13.5 Å². The second-order valence-electron chi connectivity index (χ2n) is 3.81. The third-order valence-electron chi connectivity index (χ3n) is 2.07. The van der Waals surface area contributed by atoms with Crippen molar-refractivity contribution in [3.63, 3.8) is 0 Å². The van der Waals surface area contributed by atoms with Crippen molar-refractivity contribution in [1.29, 1.82) is 0 Å². The molecule has 6 nitrogen and oxygen atoms in total. The Bertz CT molecular complexity index is 292. The molecule has 0 aliphatic rings. The van der Waals surface area contributed by atoms with Crippen LogP contribution in [0.5, 0.6) is 0 Å². The molecule has 0 rings (SSSR count). The van der Waals surface area contributed by atoms with Crippen LogP contribution in [0.1, 0.15) is 13.8 Å². The predicted molar refractivity (Wildman–Crippen MR) is 68.3 cm³/mol. The minimum absolute atomic E-state index is 0.129. The highest BCUT2D eigenvalue weighted by atomic mass is 16.6. The number of hydrogen-bond donors (Lipinski definition) is 1. The lowest BCUT2D eigenvalue weighted by Gasteiger charge is -2.16. The topological polar surface area (TPSA) is 67.9 Å². The van der Waals surface area contributed by atoms with E-state index in [9.17, 15) is 9.59 Å². The van der Waals surface area contributed by atoms with Crippen LogP contribution in [0.25, 0.3) is 0 Å². The predicted octanol–water partition coefficient (Wildman–Crippen LogP) is 0.784. The van der Waals surface area contributed by atoms with Gasteiger partial charge in [0.2, 0.25) is 0 Å². The van der Waals surface area contributed by atoms with E-state index in [1.54, 1.807) is 14.0 Å². The number of nitrogens with one attached hydrogen (secondary N) is 1. The van der Waals surface area contributed by atoms with Crippen molar-refractivity contribution in [3.8, 4) is 0 Å². The lowest BCUT2D eigenvalue weighted by atomic mass is 10.4. The van der Waals surface area contributed by atoms with Crippen LogP contribution in [0.2, 0.25) is 0 Å². The van der Waals surface area contributed by atoms with Gasteiger partial charge in [-0.3, -0.25) is 0 Å². The Morgan fingerprint density at radius 3 is 2.50 bits per heavy atom. The van der Waals surface area contributed by atoms with Crippen LogP contribution in [-0.2, 0) is 14.3 Å². The molecule has 0 radical (unpaired) electrons. The molecule has 1 N–H and O–H groups in total. The Balaban J connectivity index is 3.68. The highest BCUT2D eigenvalue weighted by Gasteiger charge is 2.10. The van der Waals surface area contributed by atoms with E-state index < -0.39 is 12.1 Å². The molecule has 0 saturated heterocycles. The fraction of sp³-hybridized carbons (Fsp3) is 0.667. The SMILES string of the molecule is C=C(C)C(=O)OCCN(C)C(=O)OCCNCC. The van der Waals surface area contributed by atoms with E-state index in [-0.39, 0.29) is 6.61 Å². The van der Waals surface area contributed by atoms with E-state index in [1.807, 2.05) is 6.92 Å². The first-order chi connectivity index (χ1) is 8.49. The van der Waals surface area contributed by atoms with Crippen molar-refractivity contribution in [3.05, 3.63) is 12.2 Å². The van der Waals surface area contributed by atoms with Gasteiger partial charge in [-0.05, 0) is 13.5 Å². The molecule has 0 atom stereocenters. The molecule has 1 amide bonds. The van der Waals surface area contributed by atoms with Crippen molar-refractivity contribution < 1.29 is 19.1 Å². The second kappa shape index (κ2) is 9.47. The first-order valence-corrected chi connectivity index (χ1v) is 5.90. The van der Waals surface area contributed by atoms with Gasteiger partial charge >= 0.3 is 12.1 Å². The van der Waals surface area contributed by atoms with Crippen LogP contribution in [0, 0.1) is 0 Å². The summed E-state index contributed by atoms with van der Waals surface area (Å²) in [6, 6.07) is 0. The van der Waals surface area contributed by atoms with Crippen molar-refractivity contribution >= 4 is 12.1 Å². The second-order valence-corrected chi connectivity index (χ2v) is 3.81. The van der Waals surface area contributed by atoms with Gasteiger partial charge in [0, 0.05) is 19.2 Å². The summed E-state index contributed by atoms with van der Waals surface area (Å²) in [5.74, 6) is -0.455. The van der Waals surface area contributed by atoms with Crippen LogP contribution in [-0.4, -0.2) is 56.9 Å². The number of ether oxygens (including phenoxy) is 2. The molecular formula is C12H22N2O4. The summed E-state index contributed by atoms with van der Waals surface area (Å²) in [6.45, 7) is 9.21. The molecule has 0 spiro atoms. The molecule has 0 aromatic rings. The van der Waals surface area contributed by atoms with E-state index >= 15 is 0 Å². The van der Waals surface area contributed by atoms with Crippen molar-refractivity contribution in [2.24, 2.45) is 0 Å². The van der Waals surface area contributed by atoms with Crippen molar-refractivity contribution in [1.82, 2.24) is 10.2 Å². The number of carbonyl (C=O) groups excluding carboxylic acids is 2.